The highest BCUT2D eigenvalue weighted by Crippen LogP contribution is 2.46. The van der Waals surface area contributed by atoms with Crippen LogP contribution in [0.25, 0.3) is 22.5 Å². The molecule has 0 saturated carbocycles. The molecule has 0 fully saturated rings. The van der Waals surface area contributed by atoms with Gasteiger partial charge in [-0.3, -0.25) is 4.55 Å². The van der Waals surface area contributed by atoms with Crippen molar-refractivity contribution < 1.29 is 40.6 Å². The summed E-state index contributed by atoms with van der Waals surface area (Å²) in [5.41, 5.74) is 1.65. The molecule has 11 heteroatoms. The van der Waals surface area contributed by atoms with Crippen LogP contribution in [0.4, 0.5) is 0 Å². The zero-order valence-corrected chi connectivity index (χ0v) is 16.1. The summed E-state index contributed by atoms with van der Waals surface area (Å²) in [5.74, 6) is 1.75. The Morgan fingerprint density at radius 1 is 1.00 bits per heavy atom. The molecule has 0 aliphatic carbocycles. The predicted octanol–water partition coefficient (Wildman–Crippen LogP) is 2.94. The molecule has 10 nitrogen and oxygen atoms in total. The lowest BCUT2D eigenvalue weighted by Crippen LogP contribution is -2.07. The van der Waals surface area contributed by atoms with E-state index in [0.717, 1.165) is 0 Å². The minimum atomic E-state index is -4.74. The lowest BCUT2D eigenvalue weighted by Gasteiger charge is -2.10. The Hall–Kier alpha value is -3.44. The van der Waals surface area contributed by atoms with Crippen LogP contribution in [0.15, 0.2) is 41.1 Å². The van der Waals surface area contributed by atoms with Crippen LogP contribution in [0.3, 0.4) is 0 Å². The molecule has 1 aliphatic rings. The van der Waals surface area contributed by atoms with Gasteiger partial charge in [0, 0.05) is 11.1 Å². The zero-order chi connectivity index (χ0) is 20.6. The van der Waals surface area contributed by atoms with Gasteiger partial charge < -0.3 is 27.7 Å². The molecule has 0 amide bonds. The summed E-state index contributed by atoms with van der Waals surface area (Å²) < 4.78 is 62.6. The van der Waals surface area contributed by atoms with Gasteiger partial charge >= 0.3 is 10.4 Å². The third kappa shape index (κ3) is 3.65. The van der Waals surface area contributed by atoms with Crippen molar-refractivity contribution in [3.8, 4) is 51.2 Å². The fourth-order valence-corrected chi connectivity index (χ4v) is 3.29. The number of benzene rings is 2. The van der Waals surface area contributed by atoms with Crippen LogP contribution in [0.5, 0.6) is 28.7 Å². The van der Waals surface area contributed by atoms with Crippen LogP contribution in [0.1, 0.15) is 0 Å². The molecule has 0 unspecified atom stereocenters. The molecule has 3 aromatic rings. The number of hydrogen-bond acceptors (Lipinski definition) is 9. The molecule has 0 atom stereocenters. The van der Waals surface area contributed by atoms with Gasteiger partial charge in [-0.2, -0.15) is 8.42 Å². The minimum Gasteiger partial charge on any atom is -0.493 e. The van der Waals surface area contributed by atoms with Gasteiger partial charge in [-0.15, -0.1) is 0 Å². The van der Waals surface area contributed by atoms with Gasteiger partial charge in [0.25, 0.3) is 0 Å². The molecule has 0 radical (unpaired) electrons. The van der Waals surface area contributed by atoms with Crippen molar-refractivity contribution in [1.29, 1.82) is 0 Å². The number of ether oxygens (including phenoxy) is 4. The molecule has 1 aliphatic heterocycles. The van der Waals surface area contributed by atoms with Crippen molar-refractivity contribution in [2.45, 2.75) is 0 Å². The Labute approximate surface area is 165 Å². The maximum atomic E-state index is 11.1. The highest BCUT2D eigenvalue weighted by atomic mass is 32.3. The monoisotopic (exact) mass is 421 g/mol. The number of aromatic nitrogens is 1. The molecular weight excluding hydrogens is 406 g/mol. The van der Waals surface area contributed by atoms with Crippen LogP contribution < -0.4 is 23.1 Å². The summed E-state index contributed by atoms with van der Waals surface area (Å²) in [6.07, 6.45) is 1.46. The topological polar surface area (TPSA) is 127 Å². The number of fused-ring (bicyclic) bond motifs is 1. The zero-order valence-electron chi connectivity index (χ0n) is 15.2. The second kappa shape index (κ2) is 7.18. The molecule has 4 rings (SSSR count). The quantitative estimate of drug-likeness (QED) is 0.594. The van der Waals surface area contributed by atoms with E-state index in [4.69, 9.17) is 28.0 Å². The molecule has 0 saturated heterocycles. The third-order valence-electron chi connectivity index (χ3n) is 4.16. The van der Waals surface area contributed by atoms with Gasteiger partial charge in [0.2, 0.25) is 12.5 Å². The average Bonchev–Trinajstić information content (AvgIpc) is 3.35. The highest BCUT2D eigenvalue weighted by molar-refractivity contribution is 7.81. The molecule has 1 N–H and O–H groups in total. The van der Waals surface area contributed by atoms with Crippen molar-refractivity contribution in [3.63, 3.8) is 0 Å². The van der Waals surface area contributed by atoms with Gasteiger partial charge in [-0.1, -0.05) is 11.2 Å². The maximum Gasteiger partial charge on any atom is 0.446 e. The van der Waals surface area contributed by atoms with Gasteiger partial charge in [-0.25, -0.2) is 0 Å². The van der Waals surface area contributed by atoms with Gasteiger partial charge in [0.15, 0.2) is 28.8 Å². The molecule has 0 bridgehead atoms. The first kappa shape index (κ1) is 18.9. The van der Waals surface area contributed by atoms with E-state index >= 15 is 0 Å². The minimum absolute atomic E-state index is 0.0766. The Morgan fingerprint density at radius 2 is 1.76 bits per heavy atom. The summed E-state index contributed by atoms with van der Waals surface area (Å²) in [5, 5.41) is 3.84. The van der Waals surface area contributed by atoms with Gasteiger partial charge in [-0.05, 0) is 29.8 Å². The van der Waals surface area contributed by atoms with E-state index in [-0.39, 0.29) is 18.3 Å². The van der Waals surface area contributed by atoms with Crippen molar-refractivity contribution in [2.75, 3.05) is 21.0 Å². The van der Waals surface area contributed by atoms with Crippen LogP contribution in [-0.4, -0.2) is 39.1 Å². The van der Waals surface area contributed by atoms with E-state index in [1.54, 1.807) is 18.2 Å². The number of rotatable bonds is 6. The second-order valence-corrected chi connectivity index (χ2v) is 6.88. The van der Waals surface area contributed by atoms with Crippen LogP contribution >= 0.6 is 0 Å². The number of nitrogens with zero attached hydrogens (tertiary/aromatic N) is 1. The standard InChI is InChI=1S/C18H15NO9S/c1-23-13-4-3-10(5-14(13)28-29(20,21)22)12-8-19-27-17(12)11-6-15(24-2)18-16(7-11)25-9-26-18/h3-8H,9H2,1-2H3,(H,20,21,22). The number of hydrogen-bond donors (Lipinski definition) is 1. The molecule has 152 valence electrons. The molecular formula is C18H15NO9S. The first-order valence-electron chi connectivity index (χ1n) is 8.17. The first-order chi connectivity index (χ1) is 13.9. The van der Waals surface area contributed by atoms with Crippen LogP contribution in [0.2, 0.25) is 0 Å². The van der Waals surface area contributed by atoms with Gasteiger partial charge in [0.1, 0.15) is 0 Å². The van der Waals surface area contributed by atoms with E-state index < -0.39 is 10.4 Å². The number of methoxy groups -OCH3 is 2. The van der Waals surface area contributed by atoms with Crippen molar-refractivity contribution in [1.82, 2.24) is 5.16 Å². The normalized spacial score (nSPS) is 12.7. The van der Waals surface area contributed by atoms with Crippen molar-refractivity contribution >= 4 is 10.4 Å². The van der Waals surface area contributed by atoms with Crippen LogP contribution in [-0.2, 0) is 10.4 Å². The van der Waals surface area contributed by atoms with Crippen molar-refractivity contribution in [2.24, 2.45) is 0 Å². The summed E-state index contributed by atoms with van der Waals surface area (Å²) >= 11 is 0. The Bertz CT molecular complexity index is 1170. The predicted molar refractivity (Wildman–Crippen MR) is 98.8 cm³/mol. The van der Waals surface area contributed by atoms with Crippen molar-refractivity contribution in [3.05, 3.63) is 36.5 Å². The Morgan fingerprint density at radius 3 is 2.48 bits per heavy atom. The maximum absolute atomic E-state index is 11.1. The Balaban J connectivity index is 1.81. The van der Waals surface area contributed by atoms with Gasteiger partial charge in [0.05, 0.1) is 20.4 Å². The third-order valence-corrected chi connectivity index (χ3v) is 4.55. The summed E-state index contributed by atoms with van der Waals surface area (Å²) in [6, 6.07) is 7.96. The molecule has 2 heterocycles. The fraction of sp³-hybridized carbons (Fsp3) is 0.167. The first-order valence-corrected chi connectivity index (χ1v) is 9.54. The molecule has 29 heavy (non-hydrogen) atoms. The second-order valence-electron chi connectivity index (χ2n) is 5.86. The lowest BCUT2D eigenvalue weighted by atomic mass is 10.0. The van der Waals surface area contributed by atoms with E-state index in [1.165, 1.54) is 32.5 Å². The lowest BCUT2D eigenvalue weighted by molar-refractivity contribution is 0.171. The largest absolute Gasteiger partial charge is 0.493 e. The smallest absolute Gasteiger partial charge is 0.446 e. The average molecular weight is 421 g/mol. The Kier molecular flexibility index (Phi) is 4.68. The van der Waals surface area contributed by atoms with E-state index in [2.05, 4.69) is 9.34 Å². The summed E-state index contributed by atoms with van der Waals surface area (Å²) in [7, 11) is -1.89. The van der Waals surface area contributed by atoms with E-state index in [1.807, 2.05) is 0 Å². The van der Waals surface area contributed by atoms with E-state index in [0.29, 0.717) is 39.7 Å². The molecule has 1 aromatic heterocycles. The highest BCUT2D eigenvalue weighted by Gasteiger charge is 2.24. The van der Waals surface area contributed by atoms with Crippen LogP contribution in [0, 0.1) is 0 Å². The fourth-order valence-electron chi connectivity index (χ4n) is 2.94. The molecule has 0 spiro atoms. The van der Waals surface area contributed by atoms with E-state index in [9.17, 15) is 8.42 Å². The SMILES string of the molecule is COc1ccc(-c2cnoc2-c2cc(OC)c3c(c2)OCO3)cc1OS(=O)(=O)O. The summed E-state index contributed by atoms with van der Waals surface area (Å²) in [4.78, 5) is 0. The molecule has 2 aromatic carbocycles. The summed E-state index contributed by atoms with van der Waals surface area (Å²) in [6.45, 7) is 0.0766.